The van der Waals surface area contributed by atoms with Gasteiger partial charge in [0.05, 0.1) is 10.7 Å². The molecule has 0 atom stereocenters. The Morgan fingerprint density at radius 1 is 1.19 bits per heavy atom. The number of amides is 2. The summed E-state index contributed by atoms with van der Waals surface area (Å²) in [7, 11) is 0. The molecule has 0 aliphatic carbocycles. The maximum absolute atomic E-state index is 12.1. The first-order valence-corrected chi connectivity index (χ1v) is 9.54. The van der Waals surface area contributed by atoms with Gasteiger partial charge >= 0.3 is 0 Å². The number of hydrogen-bond donors (Lipinski definition) is 1. The van der Waals surface area contributed by atoms with Crippen LogP contribution in [0.15, 0.2) is 39.4 Å². The third-order valence-corrected chi connectivity index (χ3v) is 5.01. The van der Waals surface area contributed by atoms with E-state index >= 15 is 0 Å². The third kappa shape index (κ3) is 4.22. The van der Waals surface area contributed by atoms with Crippen LogP contribution in [0.25, 0.3) is 0 Å². The van der Waals surface area contributed by atoms with Crippen molar-refractivity contribution in [1.82, 2.24) is 4.90 Å². The smallest absolute Gasteiger partial charge is 0.291 e. The van der Waals surface area contributed by atoms with Crippen molar-refractivity contribution in [3.63, 3.8) is 0 Å². The van der Waals surface area contributed by atoms with E-state index in [9.17, 15) is 9.59 Å². The molecule has 1 aliphatic rings. The Kier molecular flexibility index (Phi) is 5.88. The SMILES string of the molecule is CCC(=O)N1CCN(c2ccc(NC(=O)c3ccc(Br)o3)cc2Cl)CC1. The highest BCUT2D eigenvalue weighted by molar-refractivity contribution is 9.10. The van der Waals surface area contributed by atoms with Gasteiger partial charge in [0.15, 0.2) is 10.4 Å². The first-order valence-electron chi connectivity index (χ1n) is 8.37. The van der Waals surface area contributed by atoms with E-state index in [0.717, 1.165) is 18.8 Å². The zero-order valence-electron chi connectivity index (χ0n) is 14.3. The summed E-state index contributed by atoms with van der Waals surface area (Å²) in [4.78, 5) is 27.9. The number of piperazine rings is 1. The number of benzene rings is 1. The molecular formula is C18H19BrClN3O3. The van der Waals surface area contributed by atoms with Crippen molar-refractivity contribution in [2.24, 2.45) is 0 Å². The second-order valence-electron chi connectivity index (χ2n) is 5.95. The average Bonchev–Trinajstić information content (AvgIpc) is 3.08. The van der Waals surface area contributed by atoms with Crippen molar-refractivity contribution in [3.8, 4) is 0 Å². The molecule has 1 aromatic heterocycles. The summed E-state index contributed by atoms with van der Waals surface area (Å²) in [6, 6.07) is 8.66. The predicted molar refractivity (Wildman–Crippen MR) is 105 cm³/mol. The second-order valence-corrected chi connectivity index (χ2v) is 7.13. The van der Waals surface area contributed by atoms with E-state index in [1.165, 1.54) is 0 Å². The minimum absolute atomic E-state index is 0.179. The highest BCUT2D eigenvalue weighted by atomic mass is 79.9. The number of hydrogen-bond acceptors (Lipinski definition) is 4. The fraction of sp³-hybridized carbons (Fsp3) is 0.333. The van der Waals surface area contributed by atoms with Gasteiger partial charge in [0.2, 0.25) is 5.91 Å². The number of halogens is 2. The molecule has 1 fully saturated rings. The lowest BCUT2D eigenvalue weighted by Crippen LogP contribution is -2.48. The second kappa shape index (κ2) is 8.14. The van der Waals surface area contributed by atoms with Gasteiger partial charge < -0.3 is 19.5 Å². The van der Waals surface area contributed by atoms with Gasteiger partial charge in [-0.3, -0.25) is 9.59 Å². The zero-order chi connectivity index (χ0) is 18.7. The number of rotatable bonds is 4. The Hall–Kier alpha value is -1.99. The number of carbonyl (C=O) groups excluding carboxylic acids is 2. The van der Waals surface area contributed by atoms with Crippen LogP contribution in [0.1, 0.15) is 23.9 Å². The average molecular weight is 441 g/mol. The number of nitrogens with one attached hydrogen (secondary N) is 1. The summed E-state index contributed by atoms with van der Waals surface area (Å²) in [6.07, 6.45) is 0.529. The molecule has 0 unspecified atom stereocenters. The maximum Gasteiger partial charge on any atom is 0.291 e. The van der Waals surface area contributed by atoms with Crippen LogP contribution in [0, 0.1) is 0 Å². The molecule has 26 heavy (non-hydrogen) atoms. The van der Waals surface area contributed by atoms with Crippen molar-refractivity contribution in [2.75, 3.05) is 36.4 Å². The van der Waals surface area contributed by atoms with Crippen molar-refractivity contribution >= 4 is 50.7 Å². The quantitative estimate of drug-likeness (QED) is 0.780. The van der Waals surface area contributed by atoms with Crippen LogP contribution in [-0.4, -0.2) is 42.9 Å². The molecule has 2 heterocycles. The number of anilines is 2. The molecule has 1 saturated heterocycles. The fourth-order valence-corrected chi connectivity index (χ4v) is 3.50. The first kappa shape index (κ1) is 18.8. The topological polar surface area (TPSA) is 65.8 Å². The van der Waals surface area contributed by atoms with Crippen LogP contribution < -0.4 is 10.2 Å². The van der Waals surface area contributed by atoms with E-state index < -0.39 is 0 Å². The Balaban J connectivity index is 1.65. The van der Waals surface area contributed by atoms with E-state index in [2.05, 4.69) is 26.1 Å². The van der Waals surface area contributed by atoms with Crippen LogP contribution in [0.5, 0.6) is 0 Å². The highest BCUT2D eigenvalue weighted by Crippen LogP contribution is 2.30. The van der Waals surface area contributed by atoms with Crippen LogP contribution >= 0.6 is 27.5 Å². The number of nitrogens with zero attached hydrogens (tertiary/aromatic N) is 2. The van der Waals surface area contributed by atoms with Gasteiger partial charge in [0.1, 0.15) is 0 Å². The van der Waals surface area contributed by atoms with Crippen LogP contribution in [0.2, 0.25) is 5.02 Å². The molecule has 6 nitrogen and oxygen atoms in total. The molecular weight excluding hydrogens is 422 g/mol. The molecule has 1 aromatic carbocycles. The van der Waals surface area contributed by atoms with Crippen LogP contribution in [-0.2, 0) is 4.79 Å². The van der Waals surface area contributed by atoms with Crippen molar-refractivity contribution in [1.29, 1.82) is 0 Å². The summed E-state index contributed by atoms with van der Waals surface area (Å²) in [5.74, 6) is 0.0540. The van der Waals surface area contributed by atoms with Crippen molar-refractivity contribution in [3.05, 3.63) is 45.8 Å². The summed E-state index contributed by atoms with van der Waals surface area (Å²) >= 11 is 9.59. The van der Waals surface area contributed by atoms with Crippen molar-refractivity contribution < 1.29 is 14.0 Å². The monoisotopic (exact) mass is 439 g/mol. The maximum atomic E-state index is 12.1. The van der Waals surface area contributed by atoms with E-state index in [4.69, 9.17) is 16.0 Å². The van der Waals surface area contributed by atoms with Gasteiger partial charge in [-0.15, -0.1) is 0 Å². The van der Waals surface area contributed by atoms with Gasteiger partial charge in [-0.1, -0.05) is 18.5 Å². The third-order valence-electron chi connectivity index (χ3n) is 4.28. The Bertz CT molecular complexity index is 816. The minimum atomic E-state index is -0.341. The molecule has 1 aliphatic heterocycles. The summed E-state index contributed by atoms with van der Waals surface area (Å²) in [5, 5.41) is 3.32. The Morgan fingerprint density at radius 2 is 1.92 bits per heavy atom. The van der Waals surface area contributed by atoms with Crippen LogP contribution in [0.4, 0.5) is 11.4 Å². The Labute approximate surface area is 165 Å². The molecule has 0 radical (unpaired) electrons. The fourth-order valence-electron chi connectivity index (χ4n) is 2.89. The molecule has 3 rings (SSSR count). The van der Waals surface area contributed by atoms with Gasteiger partial charge in [0, 0.05) is 38.3 Å². The number of carbonyl (C=O) groups is 2. The molecule has 138 valence electrons. The van der Waals surface area contributed by atoms with Gasteiger partial charge in [-0.2, -0.15) is 0 Å². The lowest BCUT2D eigenvalue weighted by molar-refractivity contribution is -0.131. The molecule has 0 spiro atoms. The van der Waals surface area contributed by atoms with Gasteiger partial charge in [-0.25, -0.2) is 0 Å². The highest BCUT2D eigenvalue weighted by Gasteiger charge is 2.21. The number of furan rings is 1. The molecule has 0 saturated carbocycles. The normalized spacial score (nSPS) is 14.4. The summed E-state index contributed by atoms with van der Waals surface area (Å²) in [6.45, 7) is 4.72. The van der Waals surface area contributed by atoms with Gasteiger partial charge in [0.25, 0.3) is 5.91 Å². The molecule has 1 N–H and O–H groups in total. The molecule has 0 bridgehead atoms. The summed E-state index contributed by atoms with van der Waals surface area (Å²) in [5.41, 5.74) is 1.49. The zero-order valence-corrected chi connectivity index (χ0v) is 16.6. The van der Waals surface area contributed by atoms with E-state index in [1.54, 1.807) is 24.3 Å². The molecule has 8 heteroatoms. The Morgan fingerprint density at radius 3 is 2.50 bits per heavy atom. The van der Waals surface area contributed by atoms with Crippen LogP contribution in [0.3, 0.4) is 0 Å². The predicted octanol–water partition coefficient (Wildman–Crippen LogP) is 4.01. The first-order chi connectivity index (χ1) is 12.5. The molecule has 2 amide bonds. The standard InChI is InChI=1S/C18H19BrClN3O3/c1-2-17(24)23-9-7-22(8-10-23)14-4-3-12(11-13(14)20)21-18(25)15-5-6-16(19)26-15/h3-6,11H,2,7-10H2,1H3,(H,21,25). The van der Waals surface area contributed by atoms with E-state index in [-0.39, 0.29) is 17.6 Å². The minimum Gasteiger partial charge on any atom is -0.444 e. The lowest BCUT2D eigenvalue weighted by atomic mass is 10.2. The lowest BCUT2D eigenvalue weighted by Gasteiger charge is -2.36. The molecule has 2 aromatic rings. The van der Waals surface area contributed by atoms with Crippen molar-refractivity contribution in [2.45, 2.75) is 13.3 Å². The largest absolute Gasteiger partial charge is 0.444 e. The van der Waals surface area contributed by atoms with Gasteiger partial charge in [-0.05, 0) is 46.3 Å². The van der Waals surface area contributed by atoms with E-state index in [0.29, 0.717) is 34.9 Å². The van der Waals surface area contributed by atoms with E-state index in [1.807, 2.05) is 17.9 Å². The summed E-state index contributed by atoms with van der Waals surface area (Å²) < 4.78 is 5.73.